The van der Waals surface area contributed by atoms with Crippen LogP contribution in [0.1, 0.15) is 34.3 Å². The van der Waals surface area contributed by atoms with Gasteiger partial charge in [0, 0.05) is 24.2 Å². The molecule has 0 radical (unpaired) electrons. The van der Waals surface area contributed by atoms with E-state index in [0.717, 1.165) is 33.3 Å². The van der Waals surface area contributed by atoms with Crippen molar-refractivity contribution in [1.29, 1.82) is 0 Å². The molecule has 3 aromatic rings. The molecular formula is C20H25N3O2S2. The number of thiazole rings is 1. The van der Waals surface area contributed by atoms with Gasteiger partial charge in [0.1, 0.15) is 9.90 Å². The third kappa shape index (κ3) is 4.00. The number of hydrogen-bond acceptors (Lipinski definition) is 4. The molecule has 0 fully saturated rings. The van der Waals surface area contributed by atoms with Gasteiger partial charge < -0.3 is 4.57 Å². The Kier molecular flexibility index (Phi) is 5.55. The van der Waals surface area contributed by atoms with Gasteiger partial charge >= 0.3 is 0 Å². The Morgan fingerprint density at radius 2 is 1.74 bits per heavy atom. The molecule has 0 aliphatic carbocycles. The van der Waals surface area contributed by atoms with Crippen LogP contribution in [0, 0.1) is 20.8 Å². The molecule has 0 saturated heterocycles. The number of benzene rings is 1. The maximum absolute atomic E-state index is 12.9. The smallest absolute Gasteiger partial charge is 0.242 e. The van der Waals surface area contributed by atoms with Gasteiger partial charge in [-0.1, -0.05) is 31.2 Å². The topological polar surface area (TPSA) is 64.0 Å². The number of nitrogens with zero attached hydrogens (tertiary/aromatic N) is 2. The van der Waals surface area contributed by atoms with E-state index in [9.17, 15) is 8.42 Å². The molecule has 0 spiro atoms. The molecule has 7 heteroatoms. The van der Waals surface area contributed by atoms with Crippen molar-refractivity contribution < 1.29 is 8.42 Å². The zero-order valence-electron chi connectivity index (χ0n) is 16.3. The lowest BCUT2D eigenvalue weighted by Gasteiger charge is -2.08. The zero-order valence-corrected chi connectivity index (χ0v) is 18.0. The maximum atomic E-state index is 12.9. The van der Waals surface area contributed by atoms with Crippen LogP contribution in [-0.2, 0) is 30.0 Å². The van der Waals surface area contributed by atoms with Gasteiger partial charge in [-0.25, -0.2) is 18.1 Å². The van der Waals surface area contributed by atoms with E-state index in [2.05, 4.69) is 16.6 Å². The molecule has 144 valence electrons. The van der Waals surface area contributed by atoms with Crippen LogP contribution >= 0.6 is 11.3 Å². The van der Waals surface area contributed by atoms with Crippen molar-refractivity contribution in [3.05, 3.63) is 57.7 Å². The summed E-state index contributed by atoms with van der Waals surface area (Å²) in [6.07, 6.45) is 0.966. The van der Waals surface area contributed by atoms with Gasteiger partial charge in [-0.3, -0.25) is 0 Å². The highest BCUT2D eigenvalue weighted by Crippen LogP contribution is 2.31. The van der Waals surface area contributed by atoms with E-state index < -0.39 is 10.0 Å². The molecule has 0 unspecified atom stereocenters. The summed E-state index contributed by atoms with van der Waals surface area (Å²) in [4.78, 5) is 6.01. The lowest BCUT2D eigenvalue weighted by molar-refractivity contribution is 0.580. The van der Waals surface area contributed by atoms with E-state index in [1.165, 1.54) is 5.56 Å². The number of sulfonamides is 1. The quantitative estimate of drug-likeness (QED) is 0.673. The second kappa shape index (κ2) is 7.58. The van der Waals surface area contributed by atoms with Gasteiger partial charge in [-0.05, 0) is 44.4 Å². The summed E-state index contributed by atoms with van der Waals surface area (Å²) in [5, 5.41) is 0.840. The van der Waals surface area contributed by atoms with Crippen LogP contribution in [0.2, 0.25) is 0 Å². The van der Waals surface area contributed by atoms with Crippen molar-refractivity contribution in [2.24, 2.45) is 7.05 Å². The van der Waals surface area contributed by atoms with Crippen molar-refractivity contribution in [3.8, 4) is 10.7 Å². The highest BCUT2D eigenvalue weighted by atomic mass is 32.2. The van der Waals surface area contributed by atoms with Crippen molar-refractivity contribution in [1.82, 2.24) is 14.3 Å². The third-order valence-electron chi connectivity index (χ3n) is 4.92. The van der Waals surface area contributed by atoms with Crippen LogP contribution in [-0.4, -0.2) is 18.0 Å². The average molecular weight is 404 g/mol. The molecule has 1 aromatic carbocycles. The molecule has 0 amide bonds. The van der Waals surface area contributed by atoms with E-state index in [0.29, 0.717) is 10.6 Å². The fourth-order valence-electron chi connectivity index (χ4n) is 2.88. The molecule has 27 heavy (non-hydrogen) atoms. The predicted octanol–water partition coefficient (Wildman–Crippen LogP) is 4.11. The van der Waals surface area contributed by atoms with Crippen molar-refractivity contribution in [2.45, 2.75) is 45.6 Å². The van der Waals surface area contributed by atoms with Crippen LogP contribution in [0.25, 0.3) is 10.7 Å². The number of hydrogen-bond donors (Lipinski definition) is 1. The van der Waals surface area contributed by atoms with Crippen molar-refractivity contribution >= 4 is 21.4 Å². The first-order chi connectivity index (χ1) is 12.7. The van der Waals surface area contributed by atoms with E-state index in [1.807, 2.05) is 56.7 Å². The molecule has 0 saturated carbocycles. The number of nitrogens with one attached hydrogen (secondary N) is 1. The van der Waals surface area contributed by atoms with Crippen LogP contribution < -0.4 is 4.72 Å². The summed E-state index contributed by atoms with van der Waals surface area (Å²) in [7, 11) is -1.74. The van der Waals surface area contributed by atoms with Crippen molar-refractivity contribution in [2.75, 3.05) is 0 Å². The molecule has 0 aliphatic heterocycles. The number of aryl methyl sites for hydroxylation is 3. The van der Waals surface area contributed by atoms with Crippen LogP contribution in [0.4, 0.5) is 0 Å². The van der Waals surface area contributed by atoms with Gasteiger partial charge in [-0.2, -0.15) is 0 Å². The molecule has 0 aliphatic rings. The standard InChI is InChI=1S/C20H25N3O2S2/c1-6-16-7-9-17(10-8-16)12-21-27(24,25)19-11-18(23(5)14(19)3)20-22-13(2)15(4)26-20/h7-11,21H,6,12H2,1-5H3. The van der Waals surface area contributed by atoms with Crippen molar-refractivity contribution in [3.63, 3.8) is 0 Å². The minimum atomic E-state index is -3.61. The Labute approximate surface area is 165 Å². The fourth-order valence-corrected chi connectivity index (χ4v) is 5.15. The largest absolute Gasteiger partial charge is 0.345 e. The summed E-state index contributed by atoms with van der Waals surface area (Å²) in [5.41, 5.74) is 4.67. The van der Waals surface area contributed by atoms with Gasteiger partial charge in [-0.15, -0.1) is 11.3 Å². The average Bonchev–Trinajstić information content (AvgIpc) is 3.13. The lowest BCUT2D eigenvalue weighted by atomic mass is 10.1. The molecule has 3 rings (SSSR count). The fraction of sp³-hybridized carbons (Fsp3) is 0.350. The lowest BCUT2D eigenvalue weighted by Crippen LogP contribution is -2.23. The minimum absolute atomic E-state index is 0.269. The highest BCUT2D eigenvalue weighted by Gasteiger charge is 2.23. The van der Waals surface area contributed by atoms with Gasteiger partial charge in [0.25, 0.3) is 0 Å². The Hall–Kier alpha value is -1.96. The second-order valence-corrected chi connectivity index (χ2v) is 9.63. The normalized spacial score (nSPS) is 11.9. The van der Waals surface area contributed by atoms with Crippen LogP contribution in [0.15, 0.2) is 35.2 Å². The number of rotatable bonds is 6. The molecule has 2 aromatic heterocycles. The number of aromatic nitrogens is 2. The Morgan fingerprint density at radius 1 is 1.11 bits per heavy atom. The van der Waals surface area contributed by atoms with Gasteiger partial charge in [0.2, 0.25) is 10.0 Å². The van der Waals surface area contributed by atoms with E-state index in [-0.39, 0.29) is 6.54 Å². The van der Waals surface area contributed by atoms with E-state index in [4.69, 9.17) is 0 Å². The van der Waals surface area contributed by atoms with Gasteiger partial charge in [0.05, 0.1) is 11.4 Å². The van der Waals surface area contributed by atoms with Crippen LogP contribution in [0.3, 0.4) is 0 Å². The van der Waals surface area contributed by atoms with E-state index in [1.54, 1.807) is 17.4 Å². The molecule has 2 heterocycles. The Bertz CT molecular complexity index is 1040. The summed E-state index contributed by atoms with van der Waals surface area (Å²) in [6.45, 7) is 8.18. The molecule has 0 atom stereocenters. The SMILES string of the molecule is CCc1ccc(CNS(=O)(=O)c2cc(-c3nc(C)c(C)s3)n(C)c2C)cc1. The summed E-state index contributed by atoms with van der Waals surface area (Å²) in [5.74, 6) is 0. The second-order valence-electron chi connectivity index (χ2n) is 6.69. The monoisotopic (exact) mass is 403 g/mol. The minimum Gasteiger partial charge on any atom is -0.345 e. The first-order valence-corrected chi connectivity index (χ1v) is 11.2. The third-order valence-corrected chi connectivity index (χ3v) is 7.54. The molecule has 0 bridgehead atoms. The predicted molar refractivity (Wildman–Crippen MR) is 111 cm³/mol. The Balaban J connectivity index is 1.86. The van der Waals surface area contributed by atoms with E-state index >= 15 is 0 Å². The van der Waals surface area contributed by atoms with Crippen LogP contribution in [0.5, 0.6) is 0 Å². The first-order valence-electron chi connectivity index (χ1n) is 8.91. The zero-order chi connectivity index (χ0) is 19.8. The first kappa shape index (κ1) is 19.8. The summed E-state index contributed by atoms with van der Waals surface area (Å²) in [6, 6.07) is 9.71. The molecule has 1 N–H and O–H groups in total. The van der Waals surface area contributed by atoms with Gasteiger partial charge in [0.15, 0.2) is 0 Å². The highest BCUT2D eigenvalue weighted by molar-refractivity contribution is 7.89. The summed E-state index contributed by atoms with van der Waals surface area (Å²) < 4.78 is 30.4. The Morgan fingerprint density at radius 3 is 2.30 bits per heavy atom. The summed E-state index contributed by atoms with van der Waals surface area (Å²) >= 11 is 1.58. The maximum Gasteiger partial charge on any atom is 0.242 e. The molecule has 5 nitrogen and oxygen atoms in total. The molecular weight excluding hydrogens is 378 g/mol.